The molecule has 0 spiro atoms. The van der Waals surface area contributed by atoms with E-state index in [0.29, 0.717) is 0 Å². The maximum atomic E-state index is 13.7. The van der Waals surface area contributed by atoms with Gasteiger partial charge in [-0.05, 0) is 25.1 Å². The van der Waals surface area contributed by atoms with Crippen LogP contribution >= 0.6 is 0 Å². The molecule has 0 unspecified atom stereocenters. The second kappa shape index (κ2) is 6.06. The summed E-state index contributed by atoms with van der Waals surface area (Å²) < 4.78 is 58.2. The van der Waals surface area contributed by atoms with E-state index >= 15 is 0 Å². The van der Waals surface area contributed by atoms with Gasteiger partial charge in [-0.15, -0.1) is 0 Å². The molecule has 2 aromatic heterocycles. The molecular weight excluding hydrogens is 328 g/mol. The van der Waals surface area contributed by atoms with E-state index in [-0.39, 0.29) is 35.9 Å². The smallest absolute Gasteiger partial charge is 0.334 e. The Morgan fingerprint density at radius 1 is 1.21 bits per heavy atom. The SMILES string of the molecule is Cc1cc(C(F)(F)F)n(CCc2noc(-c3ccccc3F)n2)n1. The molecule has 2 heterocycles. The maximum absolute atomic E-state index is 13.7. The lowest BCUT2D eigenvalue weighted by Gasteiger charge is -2.08. The van der Waals surface area contributed by atoms with Crippen molar-refractivity contribution in [2.45, 2.75) is 26.1 Å². The van der Waals surface area contributed by atoms with E-state index in [0.717, 1.165) is 10.7 Å². The van der Waals surface area contributed by atoms with Crippen LogP contribution < -0.4 is 0 Å². The summed E-state index contributed by atoms with van der Waals surface area (Å²) in [6.45, 7) is 1.41. The summed E-state index contributed by atoms with van der Waals surface area (Å²) >= 11 is 0. The molecule has 24 heavy (non-hydrogen) atoms. The maximum Gasteiger partial charge on any atom is 0.433 e. The van der Waals surface area contributed by atoms with Crippen LogP contribution in [0.15, 0.2) is 34.9 Å². The normalized spacial score (nSPS) is 11.9. The molecule has 0 aliphatic heterocycles. The zero-order chi connectivity index (χ0) is 17.3. The van der Waals surface area contributed by atoms with Gasteiger partial charge in [0.2, 0.25) is 0 Å². The zero-order valence-electron chi connectivity index (χ0n) is 12.5. The summed E-state index contributed by atoms with van der Waals surface area (Å²) in [6, 6.07) is 6.84. The lowest BCUT2D eigenvalue weighted by atomic mass is 10.2. The van der Waals surface area contributed by atoms with Gasteiger partial charge in [0.1, 0.15) is 11.5 Å². The molecule has 126 valence electrons. The molecule has 0 aliphatic carbocycles. The van der Waals surface area contributed by atoms with Crippen LogP contribution in [0.25, 0.3) is 11.5 Å². The van der Waals surface area contributed by atoms with Gasteiger partial charge in [0.05, 0.1) is 11.3 Å². The van der Waals surface area contributed by atoms with Gasteiger partial charge in [-0.25, -0.2) is 4.39 Å². The van der Waals surface area contributed by atoms with Crippen LogP contribution in [0.5, 0.6) is 0 Å². The standard InChI is InChI=1S/C15H12F4N4O/c1-9-8-12(15(17,18)19)23(21-9)7-6-13-20-14(24-22-13)10-4-2-3-5-11(10)16/h2-5,8H,6-7H2,1H3. The van der Waals surface area contributed by atoms with Crippen molar-refractivity contribution < 1.29 is 22.1 Å². The molecule has 0 atom stereocenters. The number of aryl methyl sites for hydroxylation is 3. The van der Waals surface area contributed by atoms with Gasteiger partial charge in [-0.1, -0.05) is 17.3 Å². The minimum atomic E-state index is -4.49. The molecule has 0 radical (unpaired) electrons. The second-order valence-corrected chi connectivity index (χ2v) is 5.14. The highest BCUT2D eigenvalue weighted by atomic mass is 19.4. The predicted octanol–water partition coefficient (Wildman–Crippen LogP) is 3.64. The predicted molar refractivity (Wildman–Crippen MR) is 75.4 cm³/mol. The molecule has 0 N–H and O–H groups in total. The first-order valence-corrected chi connectivity index (χ1v) is 7.04. The first-order chi connectivity index (χ1) is 11.3. The average Bonchev–Trinajstić information content (AvgIpc) is 3.11. The molecule has 0 bridgehead atoms. The Kier molecular flexibility index (Phi) is 4.08. The fraction of sp³-hybridized carbons (Fsp3) is 0.267. The minimum Gasteiger partial charge on any atom is -0.334 e. The average molecular weight is 340 g/mol. The number of hydrogen-bond donors (Lipinski definition) is 0. The van der Waals surface area contributed by atoms with Crippen LogP contribution in [0.3, 0.4) is 0 Å². The molecule has 1 aromatic carbocycles. The Labute approximate surface area is 133 Å². The van der Waals surface area contributed by atoms with Crippen LogP contribution in [0.1, 0.15) is 17.2 Å². The number of nitrogens with zero attached hydrogens (tertiary/aromatic N) is 4. The Morgan fingerprint density at radius 3 is 2.67 bits per heavy atom. The molecule has 9 heteroatoms. The number of benzene rings is 1. The molecule has 3 rings (SSSR count). The fourth-order valence-corrected chi connectivity index (χ4v) is 2.25. The van der Waals surface area contributed by atoms with Crippen molar-refractivity contribution in [2.75, 3.05) is 0 Å². The molecule has 0 aliphatic rings. The van der Waals surface area contributed by atoms with Crippen molar-refractivity contribution in [2.24, 2.45) is 0 Å². The number of aromatic nitrogens is 4. The van der Waals surface area contributed by atoms with Crippen LogP contribution in [0, 0.1) is 12.7 Å². The Bertz CT molecular complexity index is 853. The van der Waals surface area contributed by atoms with Crippen LogP contribution in [-0.4, -0.2) is 19.9 Å². The van der Waals surface area contributed by atoms with Crippen LogP contribution in [0.2, 0.25) is 0 Å². The van der Waals surface area contributed by atoms with Gasteiger partial charge in [0.15, 0.2) is 5.82 Å². The Morgan fingerprint density at radius 2 is 1.96 bits per heavy atom. The molecular formula is C15H12F4N4O. The van der Waals surface area contributed by atoms with Gasteiger partial charge in [-0.3, -0.25) is 4.68 Å². The number of halogens is 4. The molecule has 5 nitrogen and oxygen atoms in total. The summed E-state index contributed by atoms with van der Waals surface area (Å²) in [5.74, 6) is -0.361. The number of rotatable bonds is 4. The second-order valence-electron chi connectivity index (χ2n) is 5.14. The highest BCUT2D eigenvalue weighted by Gasteiger charge is 2.35. The monoisotopic (exact) mass is 340 g/mol. The third-order valence-electron chi connectivity index (χ3n) is 3.31. The summed E-state index contributed by atoms with van der Waals surface area (Å²) in [7, 11) is 0. The van der Waals surface area contributed by atoms with Crippen molar-refractivity contribution in [1.29, 1.82) is 0 Å². The van der Waals surface area contributed by atoms with E-state index in [1.54, 1.807) is 6.07 Å². The molecule has 0 amide bonds. The van der Waals surface area contributed by atoms with Crippen molar-refractivity contribution in [3.05, 3.63) is 53.4 Å². The van der Waals surface area contributed by atoms with Crippen molar-refractivity contribution in [3.63, 3.8) is 0 Å². The summed E-state index contributed by atoms with van der Waals surface area (Å²) in [5.41, 5.74) is -0.428. The Balaban J connectivity index is 1.76. The summed E-state index contributed by atoms with van der Waals surface area (Å²) in [4.78, 5) is 4.01. The van der Waals surface area contributed by atoms with Crippen molar-refractivity contribution in [3.8, 4) is 11.5 Å². The van der Waals surface area contributed by atoms with E-state index in [9.17, 15) is 17.6 Å². The lowest BCUT2D eigenvalue weighted by Crippen LogP contribution is -2.16. The fourth-order valence-electron chi connectivity index (χ4n) is 2.25. The topological polar surface area (TPSA) is 56.7 Å². The summed E-state index contributed by atoms with van der Waals surface area (Å²) in [5, 5.41) is 7.49. The van der Waals surface area contributed by atoms with Gasteiger partial charge >= 0.3 is 6.18 Å². The number of alkyl halides is 3. The van der Waals surface area contributed by atoms with Crippen molar-refractivity contribution >= 4 is 0 Å². The molecule has 3 aromatic rings. The zero-order valence-corrected chi connectivity index (χ0v) is 12.5. The van der Waals surface area contributed by atoms with E-state index < -0.39 is 17.7 Å². The quantitative estimate of drug-likeness (QED) is 0.681. The summed E-state index contributed by atoms with van der Waals surface area (Å²) in [6.07, 6.45) is -4.42. The highest BCUT2D eigenvalue weighted by molar-refractivity contribution is 5.53. The van der Waals surface area contributed by atoms with Crippen LogP contribution in [0.4, 0.5) is 17.6 Å². The first kappa shape index (κ1) is 16.2. The minimum absolute atomic E-state index is 0.0178. The van der Waals surface area contributed by atoms with Gasteiger partial charge in [0, 0.05) is 13.0 Å². The highest BCUT2D eigenvalue weighted by Crippen LogP contribution is 2.30. The van der Waals surface area contributed by atoms with E-state index in [4.69, 9.17) is 4.52 Å². The van der Waals surface area contributed by atoms with Gasteiger partial charge < -0.3 is 4.52 Å². The van der Waals surface area contributed by atoms with E-state index in [1.165, 1.54) is 25.1 Å². The number of hydrogen-bond acceptors (Lipinski definition) is 4. The first-order valence-electron chi connectivity index (χ1n) is 7.04. The lowest BCUT2D eigenvalue weighted by molar-refractivity contribution is -0.144. The molecule has 0 saturated heterocycles. The third-order valence-corrected chi connectivity index (χ3v) is 3.31. The third kappa shape index (κ3) is 3.29. The van der Waals surface area contributed by atoms with E-state index in [1.807, 2.05) is 0 Å². The van der Waals surface area contributed by atoms with E-state index in [2.05, 4.69) is 15.2 Å². The largest absolute Gasteiger partial charge is 0.433 e. The van der Waals surface area contributed by atoms with Crippen LogP contribution in [-0.2, 0) is 19.1 Å². The van der Waals surface area contributed by atoms with Crippen molar-refractivity contribution in [1.82, 2.24) is 19.9 Å². The molecule has 0 saturated carbocycles. The van der Waals surface area contributed by atoms with Gasteiger partial charge in [-0.2, -0.15) is 23.3 Å². The van der Waals surface area contributed by atoms with Gasteiger partial charge in [0.25, 0.3) is 5.89 Å². The Hall–Kier alpha value is -2.71. The molecule has 0 fully saturated rings.